The van der Waals surface area contributed by atoms with Crippen molar-refractivity contribution in [2.45, 2.75) is 38.9 Å². The summed E-state index contributed by atoms with van der Waals surface area (Å²) in [5, 5.41) is 9.45. The van der Waals surface area contributed by atoms with Gasteiger partial charge in [0.15, 0.2) is 0 Å². The molecule has 1 saturated heterocycles. The number of rotatable bonds is 4. The van der Waals surface area contributed by atoms with E-state index in [9.17, 15) is 23.1 Å². The van der Waals surface area contributed by atoms with Gasteiger partial charge in [0.1, 0.15) is 0 Å². The number of alkyl halides is 3. The fourth-order valence-electron chi connectivity index (χ4n) is 4.05. The minimum atomic E-state index is -4.48. The smallest absolute Gasteiger partial charge is 0.416 e. The first-order chi connectivity index (χ1) is 13.2. The van der Waals surface area contributed by atoms with Crippen LogP contribution in [0, 0.1) is 19.8 Å². The number of piperidine rings is 1. The Morgan fingerprint density at radius 3 is 2.54 bits per heavy atom. The minimum Gasteiger partial charge on any atom is -0.481 e. The van der Waals surface area contributed by atoms with Gasteiger partial charge in [0.2, 0.25) is 0 Å². The molecule has 2 aromatic rings. The van der Waals surface area contributed by atoms with E-state index < -0.39 is 29.7 Å². The van der Waals surface area contributed by atoms with Crippen LogP contribution in [0.25, 0.3) is 0 Å². The van der Waals surface area contributed by atoms with Crippen LogP contribution in [0.15, 0.2) is 42.5 Å². The highest BCUT2D eigenvalue weighted by molar-refractivity contribution is 5.70. The van der Waals surface area contributed by atoms with E-state index in [0.29, 0.717) is 19.4 Å². The minimum absolute atomic E-state index is 0.176. The van der Waals surface area contributed by atoms with Gasteiger partial charge >= 0.3 is 12.1 Å². The zero-order chi connectivity index (χ0) is 20.5. The van der Waals surface area contributed by atoms with Crippen LogP contribution in [0.1, 0.15) is 46.7 Å². The van der Waals surface area contributed by atoms with Crippen LogP contribution < -0.4 is 0 Å². The summed E-state index contributed by atoms with van der Waals surface area (Å²) in [6.07, 6.45) is -3.28. The molecule has 150 valence electrons. The number of aliphatic carboxylic acids is 1. The standard InChI is InChI=1S/C22H24F3NO2/c1-14-9-10-15(2)18(12-14)20(26-11-5-6-16(13-26)21(27)28)17-7-3-4-8-19(17)22(23,24)25/h3-4,7-10,12,16,20H,5-6,11,13H2,1-2H3,(H,27,28). The van der Waals surface area contributed by atoms with Gasteiger partial charge in [-0.3, -0.25) is 9.69 Å². The van der Waals surface area contributed by atoms with Crippen LogP contribution in [-0.4, -0.2) is 29.1 Å². The lowest BCUT2D eigenvalue weighted by molar-refractivity contribution is -0.144. The van der Waals surface area contributed by atoms with Gasteiger partial charge in [-0.15, -0.1) is 0 Å². The molecule has 1 heterocycles. The van der Waals surface area contributed by atoms with Gasteiger partial charge in [-0.2, -0.15) is 13.2 Å². The Kier molecular flexibility index (Phi) is 5.79. The van der Waals surface area contributed by atoms with Crippen molar-refractivity contribution < 1.29 is 23.1 Å². The Bertz CT molecular complexity index is 863. The van der Waals surface area contributed by atoms with Gasteiger partial charge in [0, 0.05) is 6.54 Å². The van der Waals surface area contributed by atoms with E-state index in [-0.39, 0.29) is 12.1 Å². The number of benzene rings is 2. The summed E-state index contributed by atoms with van der Waals surface area (Å²) < 4.78 is 41.3. The summed E-state index contributed by atoms with van der Waals surface area (Å²) in [4.78, 5) is 13.4. The normalized spacial score (nSPS) is 19.4. The van der Waals surface area contributed by atoms with Crippen molar-refractivity contribution in [3.63, 3.8) is 0 Å². The number of carboxylic acids is 1. The Hall–Kier alpha value is -2.34. The number of hydrogen-bond donors (Lipinski definition) is 1. The molecule has 1 aliphatic heterocycles. The molecular formula is C22H24F3NO2. The monoisotopic (exact) mass is 391 g/mol. The fraction of sp³-hybridized carbons (Fsp3) is 0.409. The third-order valence-corrected chi connectivity index (χ3v) is 5.46. The van der Waals surface area contributed by atoms with Crippen molar-refractivity contribution in [2.75, 3.05) is 13.1 Å². The van der Waals surface area contributed by atoms with E-state index in [1.807, 2.05) is 36.9 Å². The molecule has 2 aromatic carbocycles. The van der Waals surface area contributed by atoms with Gasteiger partial charge in [0.05, 0.1) is 17.5 Å². The van der Waals surface area contributed by atoms with Crippen LogP contribution in [0.3, 0.4) is 0 Å². The number of carboxylic acid groups (broad SMARTS) is 1. The number of aryl methyl sites for hydroxylation is 2. The van der Waals surface area contributed by atoms with Crippen molar-refractivity contribution in [1.82, 2.24) is 4.90 Å². The second kappa shape index (κ2) is 7.95. The van der Waals surface area contributed by atoms with E-state index in [0.717, 1.165) is 22.8 Å². The second-order valence-electron chi connectivity index (χ2n) is 7.52. The number of hydrogen-bond acceptors (Lipinski definition) is 2. The zero-order valence-electron chi connectivity index (χ0n) is 16.0. The molecular weight excluding hydrogens is 367 g/mol. The highest BCUT2D eigenvalue weighted by Gasteiger charge is 2.39. The quantitative estimate of drug-likeness (QED) is 0.778. The lowest BCUT2D eigenvalue weighted by Gasteiger charge is -2.39. The summed E-state index contributed by atoms with van der Waals surface area (Å²) >= 11 is 0. The van der Waals surface area contributed by atoms with Crippen molar-refractivity contribution >= 4 is 5.97 Å². The van der Waals surface area contributed by atoms with Crippen molar-refractivity contribution in [1.29, 1.82) is 0 Å². The molecule has 1 aliphatic rings. The summed E-state index contributed by atoms with van der Waals surface area (Å²) in [6.45, 7) is 4.59. The number of halogens is 3. The van der Waals surface area contributed by atoms with Gasteiger partial charge in [-0.1, -0.05) is 42.0 Å². The topological polar surface area (TPSA) is 40.5 Å². The molecule has 28 heavy (non-hydrogen) atoms. The summed E-state index contributed by atoms with van der Waals surface area (Å²) in [5.41, 5.74) is 2.16. The Balaban J connectivity index is 2.16. The summed E-state index contributed by atoms with van der Waals surface area (Å²) in [5.74, 6) is -1.46. The average molecular weight is 391 g/mol. The van der Waals surface area contributed by atoms with Gasteiger partial charge in [-0.05, 0) is 56.0 Å². The number of carbonyl (C=O) groups is 1. The highest BCUT2D eigenvalue weighted by atomic mass is 19.4. The molecule has 3 rings (SSSR count). The molecule has 0 radical (unpaired) electrons. The van der Waals surface area contributed by atoms with Crippen LogP contribution in [0.5, 0.6) is 0 Å². The van der Waals surface area contributed by atoms with Crippen LogP contribution in [-0.2, 0) is 11.0 Å². The van der Waals surface area contributed by atoms with E-state index in [1.165, 1.54) is 12.1 Å². The molecule has 3 nitrogen and oxygen atoms in total. The molecule has 0 amide bonds. The van der Waals surface area contributed by atoms with Crippen LogP contribution in [0.2, 0.25) is 0 Å². The first-order valence-electron chi connectivity index (χ1n) is 9.38. The van der Waals surface area contributed by atoms with Crippen molar-refractivity contribution in [3.8, 4) is 0 Å². The average Bonchev–Trinajstić information content (AvgIpc) is 2.64. The zero-order valence-corrected chi connectivity index (χ0v) is 16.0. The lowest BCUT2D eigenvalue weighted by Crippen LogP contribution is -2.42. The van der Waals surface area contributed by atoms with Crippen molar-refractivity contribution in [3.05, 3.63) is 70.3 Å². The third kappa shape index (κ3) is 4.22. The summed E-state index contributed by atoms with van der Waals surface area (Å²) in [7, 11) is 0. The van der Waals surface area contributed by atoms with Gasteiger partial charge < -0.3 is 5.11 Å². The molecule has 0 bridgehead atoms. The maximum absolute atomic E-state index is 13.8. The predicted octanol–water partition coefficient (Wildman–Crippen LogP) is 5.21. The van der Waals surface area contributed by atoms with Gasteiger partial charge in [-0.25, -0.2) is 0 Å². The van der Waals surface area contributed by atoms with E-state index in [1.54, 1.807) is 6.07 Å². The molecule has 0 spiro atoms. The number of nitrogens with zero attached hydrogens (tertiary/aromatic N) is 1. The Morgan fingerprint density at radius 2 is 1.86 bits per heavy atom. The first kappa shape index (κ1) is 20.4. The molecule has 0 saturated carbocycles. The van der Waals surface area contributed by atoms with Crippen LogP contribution in [0.4, 0.5) is 13.2 Å². The predicted molar refractivity (Wildman–Crippen MR) is 101 cm³/mol. The molecule has 1 N–H and O–H groups in total. The molecule has 2 atom stereocenters. The molecule has 2 unspecified atom stereocenters. The number of likely N-dealkylation sites (tertiary alicyclic amines) is 1. The lowest BCUT2D eigenvalue weighted by atomic mass is 9.87. The molecule has 1 fully saturated rings. The Labute approximate surface area is 162 Å². The molecule has 6 heteroatoms. The molecule has 0 aliphatic carbocycles. The fourth-order valence-corrected chi connectivity index (χ4v) is 4.05. The van der Waals surface area contributed by atoms with E-state index in [4.69, 9.17) is 0 Å². The maximum atomic E-state index is 13.8. The van der Waals surface area contributed by atoms with Crippen molar-refractivity contribution in [2.24, 2.45) is 5.92 Å². The van der Waals surface area contributed by atoms with E-state index >= 15 is 0 Å². The van der Waals surface area contributed by atoms with E-state index in [2.05, 4.69) is 0 Å². The molecule has 0 aromatic heterocycles. The van der Waals surface area contributed by atoms with Gasteiger partial charge in [0.25, 0.3) is 0 Å². The summed E-state index contributed by atoms with van der Waals surface area (Å²) in [6, 6.07) is 10.7. The first-order valence-corrected chi connectivity index (χ1v) is 9.38. The maximum Gasteiger partial charge on any atom is 0.416 e. The SMILES string of the molecule is Cc1ccc(C)c(C(c2ccccc2C(F)(F)F)N2CCCC(C(=O)O)C2)c1. The second-order valence-corrected chi connectivity index (χ2v) is 7.52. The van der Waals surface area contributed by atoms with Crippen LogP contribution >= 0.6 is 0 Å². The highest BCUT2D eigenvalue weighted by Crippen LogP contribution is 2.41. The Morgan fingerprint density at radius 1 is 1.14 bits per heavy atom. The third-order valence-electron chi connectivity index (χ3n) is 5.46. The largest absolute Gasteiger partial charge is 0.481 e.